The third kappa shape index (κ3) is 3.90. The first kappa shape index (κ1) is 19.7. The van der Waals surface area contributed by atoms with E-state index in [1.54, 1.807) is 7.11 Å². The molecule has 29 heavy (non-hydrogen) atoms. The Bertz CT molecular complexity index is 670. The minimum atomic E-state index is 0.686. The molecule has 4 aliphatic rings. The summed E-state index contributed by atoms with van der Waals surface area (Å²) in [5, 5.41) is 0. The highest BCUT2D eigenvalue weighted by Crippen LogP contribution is 2.44. The molecule has 0 bridgehead atoms. The molecule has 1 saturated heterocycles. The van der Waals surface area contributed by atoms with Crippen LogP contribution in [-0.2, 0) is 4.74 Å². The van der Waals surface area contributed by atoms with Gasteiger partial charge in [-0.15, -0.1) is 0 Å². The summed E-state index contributed by atoms with van der Waals surface area (Å²) in [6.07, 6.45) is 13.1. The number of hydrogen-bond donors (Lipinski definition) is 0. The zero-order chi connectivity index (χ0) is 19.6. The van der Waals surface area contributed by atoms with Crippen molar-refractivity contribution in [1.29, 1.82) is 0 Å². The van der Waals surface area contributed by atoms with Crippen LogP contribution in [0.15, 0.2) is 24.3 Å². The summed E-state index contributed by atoms with van der Waals surface area (Å²) < 4.78 is 5.36. The van der Waals surface area contributed by atoms with Crippen LogP contribution in [0.2, 0.25) is 0 Å². The second-order valence-electron chi connectivity index (χ2n) is 9.83. The van der Waals surface area contributed by atoms with Gasteiger partial charge in [0.05, 0.1) is 24.7 Å². The molecule has 2 heterocycles. The fourth-order valence-electron chi connectivity index (χ4n) is 6.90. The molecule has 1 aromatic carbocycles. The van der Waals surface area contributed by atoms with Crippen LogP contribution in [0.25, 0.3) is 0 Å². The Morgan fingerprint density at radius 3 is 2.48 bits per heavy atom. The van der Waals surface area contributed by atoms with Crippen molar-refractivity contribution in [3.63, 3.8) is 0 Å². The Kier molecular flexibility index (Phi) is 6.01. The van der Waals surface area contributed by atoms with Crippen molar-refractivity contribution < 1.29 is 4.74 Å². The van der Waals surface area contributed by atoms with Crippen molar-refractivity contribution in [3.05, 3.63) is 24.3 Å². The predicted molar refractivity (Wildman–Crippen MR) is 121 cm³/mol. The summed E-state index contributed by atoms with van der Waals surface area (Å²) in [5.74, 6) is 2.05. The van der Waals surface area contributed by atoms with E-state index in [0.29, 0.717) is 6.04 Å². The van der Waals surface area contributed by atoms with Crippen LogP contribution in [0.3, 0.4) is 0 Å². The maximum Gasteiger partial charge on any atom is 0.0908 e. The minimum Gasteiger partial charge on any atom is -0.383 e. The fraction of sp³-hybridized carbons (Fsp3) is 0.760. The first-order chi connectivity index (χ1) is 14.3. The average molecular weight is 398 g/mol. The van der Waals surface area contributed by atoms with Gasteiger partial charge in [0.15, 0.2) is 0 Å². The molecule has 0 spiro atoms. The molecule has 4 nitrogen and oxygen atoms in total. The maximum atomic E-state index is 5.36. The summed E-state index contributed by atoms with van der Waals surface area (Å²) in [6, 6.07) is 10.6. The molecule has 4 heteroatoms. The standard InChI is InChI=1S/C25H39N3O/c1-29-18-17-27-19-28(25-11-5-4-10-24(25)27)21-13-15-26(16-14-21)23-12-6-8-20-7-2-3-9-22(20)23/h4-5,10-11,20-23H,2-3,6-9,12-19H2,1H3. The maximum absolute atomic E-state index is 5.36. The molecule has 2 saturated carbocycles. The predicted octanol–water partition coefficient (Wildman–Crippen LogP) is 4.74. The molecule has 0 amide bonds. The molecule has 3 unspecified atom stereocenters. The highest BCUT2D eigenvalue weighted by molar-refractivity contribution is 5.76. The topological polar surface area (TPSA) is 19.0 Å². The number of nitrogens with zero attached hydrogens (tertiary/aromatic N) is 3. The average Bonchev–Trinajstić information content (AvgIpc) is 3.16. The second-order valence-corrected chi connectivity index (χ2v) is 9.83. The van der Waals surface area contributed by atoms with Gasteiger partial charge in [-0.25, -0.2) is 0 Å². The van der Waals surface area contributed by atoms with E-state index >= 15 is 0 Å². The first-order valence-electron chi connectivity index (χ1n) is 12.2. The van der Waals surface area contributed by atoms with Gasteiger partial charge in [-0.2, -0.15) is 0 Å². The highest BCUT2D eigenvalue weighted by Gasteiger charge is 2.40. The molecular formula is C25H39N3O. The number of likely N-dealkylation sites (tertiary alicyclic amines) is 1. The molecule has 0 radical (unpaired) electrons. The van der Waals surface area contributed by atoms with E-state index in [9.17, 15) is 0 Å². The summed E-state index contributed by atoms with van der Waals surface area (Å²) in [7, 11) is 1.80. The lowest BCUT2D eigenvalue weighted by Gasteiger charge is -2.49. The Morgan fingerprint density at radius 2 is 1.66 bits per heavy atom. The zero-order valence-corrected chi connectivity index (χ0v) is 18.3. The molecule has 3 fully saturated rings. The molecular weight excluding hydrogens is 358 g/mol. The van der Waals surface area contributed by atoms with Gasteiger partial charge in [-0.1, -0.05) is 44.2 Å². The zero-order valence-electron chi connectivity index (χ0n) is 18.3. The van der Waals surface area contributed by atoms with Gasteiger partial charge in [0, 0.05) is 38.8 Å². The van der Waals surface area contributed by atoms with Gasteiger partial charge in [0.2, 0.25) is 0 Å². The summed E-state index contributed by atoms with van der Waals surface area (Å²) >= 11 is 0. The number of fused-ring (bicyclic) bond motifs is 2. The van der Waals surface area contributed by atoms with Crippen molar-refractivity contribution in [2.75, 3.05) is 49.8 Å². The third-order valence-electron chi connectivity index (χ3n) is 8.37. The first-order valence-corrected chi connectivity index (χ1v) is 12.2. The normalized spacial score (nSPS) is 31.0. The second kappa shape index (κ2) is 8.85. The van der Waals surface area contributed by atoms with E-state index in [-0.39, 0.29) is 0 Å². The molecule has 5 rings (SSSR count). The number of methoxy groups -OCH3 is 1. The largest absolute Gasteiger partial charge is 0.383 e. The van der Waals surface area contributed by atoms with Crippen LogP contribution in [0.1, 0.15) is 57.8 Å². The number of anilines is 2. The quantitative estimate of drug-likeness (QED) is 0.714. The van der Waals surface area contributed by atoms with Gasteiger partial charge in [0.25, 0.3) is 0 Å². The van der Waals surface area contributed by atoms with Crippen molar-refractivity contribution >= 4 is 11.4 Å². The van der Waals surface area contributed by atoms with E-state index in [1.807, 2.05) is 0 Å². The lowest BCUT2D eigenvalue weighted by molar-refractivity contribution is 0.0269. The summed E-state index contributed by atoms with van der Waals surface area (Å²) in [5.41, 5.74) is 2.83. The highest BCUT2D eigenvalue weighted by atomic mass is 16.5. The molecule has 0 aromatic heterocycles. The van der Waals surface area contributed by atoms with E-state index in [1.165, 1.54) is 82.3 Å². The number of benzene rings is 1. The van der Waals surface area contributed by atoms with E-state index < -0.39 is 0 Å². The Balaban J connectivity index is 1.23. The van der Waals surface area contributed by atoms with Crippen molar-refractivity contribution in [1.82, 2.24) is 4.90 Å². The van der Waals surface area contributed by atoms with Gasteiger partial charge < -0.3 is 14.5 Å². The molecule has 1 aromatic rings. The molecule has 3 atom stereocenters. The fourth-order valence-corrected chi connectivity index (χ4v) is 6.90. The molecule has 160 valence electrons. The smallest absolute Gasteiger partial charge is 0.0908 e. The molecule has 2 aliphatic carbocycles. The number of para-hydroxylation sites is 2. The van der Waals surface area contributed by atoms with Gasteiger partial charge >= 0.3 is 0 Å². The minimum absolute atomic E-state index is 0.686. The van der Waals surface area contributed by atoms with E-state index in [2.05, 4.69) is 39.0 Å². The Morgan fingerprint density at radius 1 is 0.897 bits per heavy atom. The summed E-state index contributed by atoms with van der Waals surface area (Å²) in [4.78, 5) is 8.09. The van der Waals surface area contributed by atoms with Crippen molar-refractivity contribution in [3.8, 4) is 0 Å². The van der Waals surface area contributed by atoms with Crippen LogP contribution in [0, 0.1) is 11.8 Å². The van der Waals surface area contributed by atoms with Crippen molar-refractivity contribution in [2.45, 2.75) is 69.9 Å². The SMILES string of the molecule is COCCN1CN(C2CCN(C3CCCC4CCCCC43)CC2)c2ccccc21. The lowest BCUT2D eigenvalue weighted by Crippen LogP contribution is -2.53. The number of rotatable bonds is 5. The van der Waals surface area contributed by atoms with Crippen LogP contribution in [-0.4, -0.2) is 57.0 Å². The van der Waals surface area contributed by atoms with Crippen molar-refractivity contribution in [2.24, 2.45) is 11.8 Å². The van der Waals surface area contributed by atoms with Crippen LogP contribution in [0.5, 0.6) is 0 Å². The third-order valence-corrected chi connectivity index (χ3v) is 8.37. The van der Waals surface area contributed by atoms with Gasteiger partial charge in [-0.05, 0) is 49.7 Å². The number of ether oxygens (including phenoxy) is 1. The van der Waals surface area contributed by atoms with E-state index in [4.69, 9.17) is 4.74 Å². The number of piperidine rings is 1. The van der Waals surface area contributed by atoms with Gasteiger partial charge in [0.1, 0.15) is 0 Å². The molecule has 0 N–H and O–H groups in total. The summed E-state index contributed by atoms with van der Waals surface area (Å²) in [6.45, 7) is 5.41. The van der Waals surface area contributed by atoms with E-state index in [0.717, 1.165) is 37.7 Å². The Labute approximate surface area is 177 Å². The lowest BCUT2D eigenvalue weighted by atomic mass is 9.67. The van der Waals surface area contributed by atoms with Crippen LogP contribution in [0.4, 0.5) is 11.4 Å². The van der Waals surface area contributed by atoms with Crippen LogP contribution < -0.4 is 9.80 Å². The monoisotopic (exact) mass is 397 g/mol. The number of hydrogen-bond acceptors (Lipinski definition) is 4. The Hall–Kier alpha value is -1.26. The van der Waals surface area contributed by atoms with Crippen LogP contribution >= 0.6 is 0 Å². The van der Waals surface area contributed by atoms with Gasteiger partial charge in [-0.3, -0.25) is 4.90 Å². The molecule has 2 aliphatic heterocycles.